The van der Waals surface area contributed by atoms with Crippen molar-refractivity contribution >= 4 is 28.7 Å². The normalized spacial score (nSPS) is 16.4. The molecule has 1 aliphatic heterocycles. The van der Waals surface area contributed by atoms with Gasteiger partial charge in [-0.15, -0.1) is 0 Å². The maximum Gasteiger partial charge on any atom is 0.262 e. The number of carbonyl (C=O) groups is 1. The van der Waals surface area contributed by atoms with E-state index < -0.39 is 0 Å². The molecule has 8 nitrogen and oxygen atoms in total. The number of aryl methyl sites for hydroxylation is 1. The van der Waals surface area contributed by atoms with E-state index in [0.717, 1.165) is 36.3 Å². The maximum atomic E-state index is 12.5. The van der Waals surface area contributed by atoms with Crippen LogP contribution in [0.15, 0.2) is 34.3 Å². The van der Waals surface area contributed by atoms with Crippen molar-refractivity contribution in [2.45, 2.75) is 37.9 Å². The minimum atomic E-state index is -0.270. The molecule has 3 heterocycles. The van der Waals surface area contributed by atoms with Crippen molar-refractivity contribution in [2.75, 3.05) is 18.9 Å². The number of aromatic nitrogens is 4. The molecule has 1 saturated heterocycles. The van der Waals surface area contributed by atoms with Crippen molar-refractivity contribution in [1.29, 1.82) is 0 Å². The highest BCUT2D eigenvalue weighted by atomic mass is 32.2. The number of aromatic amines is 1. The van der Waals surface area contributed by atoms with E-state index in [1.807, 2.05) is 32.0 Å². The smallest absolute Gasteiger partial charge is 0.262 e. The highest BCUT2D eigenvalue weighted by molar-refractivity contribution is 7.99. The first-order chi connectivity index (χ1) is 14.0. The molecule has 2 aromatic heterocycles. The minimum absolute atomic E-state index is 0.102. The van der Waals surface area contributed by atoms with E-state index in [1.165, 1.54) is 18.0 Å². The number of fused-ring (bicyclic) bond motifs is 1. The third-order valence-electron chi connectivity index (χ3n) is 5.11. The summed E-state index contributed by atoms with van der Waals surface area (Å²) in [5, 5.41) is 8.05. The quantitative estimate of drug-likeness (QED) is 0.474. The number of nitrogens with zero attached hydrogens (tertiary/aromatic N) is 3. The Labute approximate surface area is 172 Å². The molecule has 0 spiro atoms. The van der Waals surface area contributed by atoms with E-state index in [9.17, 15) is 9.59 Å². The molecule has 1 unspecified atom stereocenters. The van der Waals surface area contributed by atoms with Gasteiger partial charge in [0.25, 0.3) is 5.56 Å². The van der Waals surface area contributed by atoms with Gasteiger partial charge < -0.3 is 15.0 Å². The van der Waals surface area contributed by atoms with Gasteiger partial charge in [0, 0.05) is 13.2 Å². The van der Waals surface area contributed by atoms with Crippen LogP contribution in [0.2, 0.25) is 0 Å². The highest BCUT2D eigenvalue weighted by Crippen LogP contribution is 2.21. The lowest BCUT2D eigenvalue weighted by Crippen LogP contribution is -2.33. The predicted molar refractivity (Wildman–Crippen MR) is 112 cm³/mol. The lowest BCUT2D eigenvalue weighted by molar-refractivity contribution is -0.119. The fraction of sp³-hybridized carbons (Fsp3) is 0.400. The molecule has 0 bridgehead atoms. The molecular weight excluding hydrogens is 390 g/mol. The summed E-state index contributed by atoms with van der Waals surface area (Å²) in [6.07, 6.45) is 3.63. The molecule has 4 rings (SSSR count). The summed E-state index contributed by atoms with van der Waals surface area (Å²) in [7, 11) is 0. The van der Waals surface area contributed by atoms with Gasteiger partial charge in [0.1, 0.15) is 5.39 Å². The SMILES string of the molecule is Cc1cccc(-n2ncc3c(=O)[nH]c(SCC(=O)NCC4CCCO4)nc32)c1C. The molecule has 3 aromatic rings. The Kier molecular flexibility index (Phi) is 5.68. The summed E-state index contributed by atoms with van der Waals surface area (Å²) >= 11 is 1.19. The average Bonchev–Trinajstić information content (AvgIpc) is 3.37. The van der Waals surface area contributed by atoms with E-state index in [4.69, 9.17) is 4.74 Å². The van der Waals surface area contributed by atoms with E-state index in [1.54, 1.807) is 4.68 Å². The lowest BCUT2D eigenvalue weighted by atomic mass is 10.1. The number of amides is 1. The van der Waals surface area contributed by atoms with Crippen LogP contribution in [0, 0.1) is 13.8 Å². The van der Waals surface area contributed by atoms with Gasteiger partial charge in [0.15, 0.2) is 10.8 Å². The molecule has 0 radical (unpaired) electrons. The van der Waals surface area contributed by atoms with Crippen LogP contribution in [0.4, 0.5) is 0 Å². The number of nitrogens with one attached hydrogen (secondary N) is 2. The zero-order valence-corrected chi connectivity index (χ0v) is 17.2. The van der Waals surface area contributed by atoms with Gasteiger partial charge in [0.05, 0.1) is 23.7 Å². The molecule has 0 aliphatic carbocycles. The summed E-state index contributed by atoms with van der Waals surface area (Å²) in [6, 6.07) is 5.93. The fourth-order valence-electron chi connectivity index (χ4n) is 3.33. The molecule has 1 aliphatic rings. The van der Waals surface area contributed by atoms with Crippen molar-refractivity contribution in [3.05, 3.63) is 45.9 Å². The van der Waals surface area contributed by atoms with Gasteiger partial charge in [-0.3, -0.25) is 9.59 Å². The second-order valence-electron chi connectivity index (χ2n) is 7.11. The molecular formula is C20H23N5O3S. The van der Waals surface area contributed by atoms with Crippen LogP contribution in [0.3, 0.4) is 0 Å². The number of ether oxygens (including phenoxy) is 1. The number of carbonyl (C=O) groups excluding carboxylic acids is 1. The average molecular weight is 414 g/mol. The van der Waals surface area contributed by atoms with Gasteiger partial charge >= 0.3 is 0 Å². The number of H-pyrrole nitrogens is 1. The zero-order chi connectivity index (χ0) is 20.4. The molecule has 9 heteroatoms. The monoisotopic (exact) mass is 413 g/mol. The Hall–Kier alpha value is -2.65. The van der Waals surface area contributed by atoms with E-state index in [-0.39, 0.29) is 23.3 Å². The standard InChI is InChI=1S/C20H23N5O3S/c1-12-5-3-7-16(13(12)2)25-18-15(10-22-25)19(27)24-20(23-18)29-11-17(26)21-9-14-6-4-8-28-14/h3,5,7,10,14H,4,6,8-9,11H2,1-2H3,(H,21,26)(H,23,24,27). The first-order valence-corrected chi connectivity index (χ1v) is 10.6. The molecule has 0 saturated carbocycles. The number of hydrogen-bond acceptors (Lipinski definition) is 6. The first kappa shape index (κ1) is 19.7. The second kappa shape index (κ2) is 8.38. The first-order valence-electron chi connectivity index (χ1n) is 9.58. The fourth-order valence-corrected chi connectivity index (χ4v) is 4.01. The Balaban J connectivity index is 1.52. The van der Waals surface area contributed by atoms with Gasteiger partial charge in [-0.25, -0.2) is 9.67 Å². The topological polar surface area (TPSA) is 102 Å². The summed E-state index contributed by atoms with van der Waals surface area (Å²) in [4.78, 5) is 31.9. The third kappa shape index (κ3) is 4.20. The van der Waals surface area contributed by atoms with Crippen LogP contribution < -0.4 is 10.9 Å². The van der Waals surface area contributed by atoms with E-state index in [0.29, 0.717) is 22.7 Å². The van der Waals surface area contributed by atoms with Crippen molar-refractivity contribution in [3.8, 4) is 5.69 Å². The summed E-state index contributed by atoms with van der Waals surface area (Å²) in [6.45, 7) is 5.32. The summed E-state index contributed by atoms with van der Waals surface area (Å²) in [5.41, 5.74) is 3.29. The highest BCUT2D eigenvalue weighted by Gasteiger charge is 2.17. The molecule has 1 aromatic carbocycles. The van der Waals surface area contributed by atoms with Crippen molar-refractivity contribution in [2.24, 2.45) is 0 Å². The minimum Gasteiger partial charge on any atom is -0.376 e. The van der Waals surface area contributed by atoms with E-state index in [2.05, 4.69) is 20.4 Å². The maximum absolute atomic E-state index is 12.5. The Morgan fingerprint density at radius 1 is 1.41 bits per heavy atom. The van der Waals surface area contributed by atoms with Crippen molar-refractivity contribution in [3.63, 3.8) is 0 Å². The molecule has 29 heavy (non-hydrogen) atoms. The Bertz CT molecular complexity index is 1100. The van der Waals surface area contributed by atoms with Crippen molar-refractivity contribution < 1.29 is 9.53 Å². The number of thioether (sulfide) groups is 1. The largest absolute Gasteiger partial charge is 0.376 e. The molecule has 1 amide bonds. The molecule has 2 N–H and O–H groups in total. The van der Waals surface area contributed by atoms with Gasteiger partial charge in [-0.1, -0.05) is 23.9 Å². The van der Waals surface area contributed by atoms with Gasteiger partial charge in [-0.05, 0) is 43.9 Å². The Morgan fingerprint density at radius 2 is 2.28 bits per heavy atom. The summed E-state index contributed by atoms with van der Waals surface area (Å²) < 4.78 is 7.18. The van der Waals surface area contributed by atoms with Crippen molar-refractivity contribution in [1.82, 2.24) is 25.1 Å². The summed E-state index contributed by atoms with van der Waals surface area (Å²) in [5.74, 6) is 0.0509. The zero-order valence-electron chi connectivity index (χ0n) is 16.4. The van der Waals surface area contributed by atoms with Crippen LogP contribution in [0.25, 0.3) is 16.7 Å². The van der Waals surface area contributed by atoms with Crippen LogP contribution >= 0.6 is 11.8 Å². The van der Waals surface area contributed by atoms with Crippen LogP contribution in [-0.2, 0) is 9.53 Å². The third-order valence-corrected chi connectivity index (χ3v) is 5.98. The second-order valence-corrected chi connectivity index (χ2v) is 8.08. The predicted octanol–water partition coefficient (Wildman–Crippen LogP) is 2.11. The number of rotatable bonds is 6. The molecule has 152 valence electrons. The Morgan fingerprint density at radius 3 is 3.07 bits per heavy atom. The number of benzene rings is 1. The van der Waals surface area contributed by atoms with E-state index >= 15 is 0 Å². The number of hydrogen-bond donors (Lipinski definition) is 2. The van der Waals surface area contributed by atoms with Gasteiger partial charge in [0.2, 0.25) is 5.91 Å². The molecule has 1 fully saturated rings. The lowest BCUT2D eigenvalue weighted by Gasteiger charge is -2.11. The van der Waals surface area contributed by atoms with Crippen LogP contribution in [0.5, 0.6) is 0 Å². The molecule has 1 atom stereocenters. The van der Waals surface area contributed by atoms with Crippen LogP contribution in [0.1, 0.15) is 24.0 Å². The van der Waals surface area contributed by atoms with Crippen LogP contribution in [-0.4, -0.2) is 50.7 Å². The van der Waals surface area contributed by atoms with Gasteiger partial charge in [-0.2, -0.15) is 5.10 Å².